The SMILES string of the molecule is CC(C)(C)[Si](C)(C)OCCBr.CC(C)(C)[Si](C)(C)OCCn1cc(CCl)c(C(F)(F)F)c1.CC(C)(C)[Si](C)(C)OCCn1cc(CO)c(C(F)(F)F)c1.CCOC(=O)c1c[nH]cc1C(F)(F)F.CCOC(=O)c1cn(CCO[Si](C)(C)C(C)(C)C)cc1C(F)(F)F. The van der Waals surface area contributed by atoms with Crippen LogP contribution in [-0.2, 0) is 84.0 Å². The second-order valence-electron chi connectivity index (χ2n) is 27.3. The number of carbonyl (C=O) groups is 2. The minimum Gasteiger partial charge on any atom is -0.462 e. The van der Waals surface area contributed by atoms with Gasteiger partial charge in [-0.1, -0.05) is 99.0 Å². The highest BCUT2D eigenvalue weighted by molar-refractivity contribution is 9.09. The average Bonchev–Trinajstić information content (AvgIpc) is 1.76. The van der Waals surface area contributed by atoms with E-state index < -0.39 is 110 Å². The van der Waals surface area contributed by atoms with E-state index in [4.69, 9.17) is 39.1 Å². The van der Waals surface area contributed by atoms with E-state index in [1.165, 1.54) is 39.2 Å². The lowest BCUT2D eigenvalue weighted by atomic mass is 10.2. The molecule has 0 bridgehead atoms. The van der Waals surface area contributed by atoms with Gasteiger partial charge in [-0.15, -0.1) is 11.6 Å². The molecule has 0 radical (unpaired) electrons. The standard InChI is InChI=1S/C16H26F3NO3Si.C14H23ClF3NOSi.C14H24F3NO2Si.C8H19BrOSi.C8H8F3NO2/c1-7-22-14(21)12-10-20(11-13(12)16(17,18)19)8-9-23-24(5,6)15(2,3)4;1-13(2,3)21(4,5)20-7-6-19-9-11(8-15)12(10-19)14(16,17)18;1-13(2,3)21(4,5)20-7-6-18-8-11(10-19)12(9-18)14(15,16)17;1-8(2,3)11(4,5)10-7-6-9;1-2-14-7(13)5-3-12-4-6(5)8(9,10)11/h10-11H,7-9H2,1-6H3;9-10H,6-8H2,1-5H3;8-9,19H,6-7,10H2,1-5H3;6-7H2,1-5H3;3-4,12H,2H2,1H3. The third-order valence-corrected chi connectivity index (χ3v) is 35.0. The van der Waals surface area contributed by atoms with E-state index in [2.05, 4.69) is 161 Å². The second kappa shape index (κ2) is 35.1. The van der Waals surface area contributed by atoms with E-state index in [-0.39, 0.29) is 51.9 Å². The number of ether oxygens (including phenoxy) is 2. The van der Waals surface area contributed by atoms with Gasteiger partial charge in [0.15, 0.2) is 33.3 Å². The summed E-state index contributed by atoms with van der Waals surface area (Å²) in [7, 11) is -7.19. The van der Waals surface area contributed by atoms with Crippen LogP contribution in [0, 0.1) is 0 Å². The molecule has 0 atom stereocenters. The number of aromatic nitrogens is 4. The van der Waals surface area contributed by atoms with Crippen LogP contribution < -0.4 is 0 Å². The molecule has 0 aromatic carbocycles. The fourth-order valence-corrected chi connectivity index (χ4v) is 11.5. The molecular formula is C60H100BrClF12N4O9Si4. The van der Waals surface area contributed by atoms with Gasteiger partial charge in [0.05, 0.1) is 73.0 Å². The number of esters is 2. The molecule has 0 aliphatic carbocycles. The fourth-order valence-electron chi connectivity index (χ4n) is 6.70. The van der Waals surface area contributed by atoms with E-state index in [1.54, 1.807) is 6.92 Å². The number of aliphatic hydroxyl groups excluding tert-OH is 1. The lowest BCUT2D eigenvalue weighted by Crippen LogP contribution is -2.41. The van der Waals surface area contributed by atoms with Crippen LogP contribution in [-0.4, -0.2) is 114 Å². The first-order valence-corrected chi connectivity index (χ1v) is 42.8. The maximum Gasteiger partial charge on any atom is 0.418 e. The molecule has 91 heavy (non-hydrogen) atoms. The maximum atomic E-state index is 13.1. The predicted octanol–water partition coefficient (Wildman–Crippen LogP) is 19.6. The fraction of sp³-hybridized carbons (Fsp3) is 0.700. The van der Waals surface area contributed by atoms with Gasteiger partial charge in [-0.2, -0.15) is 52.7 Å². The topological polar surface area (TPSA) is 140 Å². The van der Waals surface area contributed by atoms with Crippen molar-refractivity contribution < 1.29 is 94.6 Å². The smallest absolute Gasteiger partial charge is 0.418 e. The van der Waals surface area contributed by atoms with E-state index in [9.17, 15) is 62.3 Å². The van der Waals surface area contributed by atoms with Crippen LogP contribution in [0.15, 0.2) is 49.6 Å². The minimum atomic E-state index is -4.60. The van der Waals surface area contributed by atoms with Gasteiger partial charge in [0.25, 0.3) is 0 Å². The summed E-state index contributed by atoms with van der Waals surface area (Å²) in [6.07, 6.45) is -9.23. The summed E-state index contributed by atoms with van der Waals surface area (Å²) >= 11 is 8.95. The summed E-state index contributed by atoms with van der Waals surface area (Å²) in [4.78, 5) is 25.0. The molecule has 0 aliphatic rings. The van der Waals surface area contributed by atoms with Crippen molar-refractivity contribution in [3.63, 3.8) is 0 Å². The summed E-state index contributed by atoms with van der Waals surface area (Å²) in [5.41, 5.74) is -4.37. The number of carbonyl (C=O) groups excluding carboxylic acids is 2. The Bertz CT molecular complexity index is 2730. The Morgan fingerprint density at radius 2 is 0.758 bits per heavy atom. The van der Waals surface area contributed by atoms with Crippen LogP contribution in [0.1, 0.15) is 151 Å². The zero-order valence-electron chi connectivity index (χ0n) is 57.0. The summed E-state index contributed by atoms with van der Waals surface area (Å²) < 4.78 is 190. The molecule has 0 amide bonds. The number of alkyl halides is 14. The second-order valence-corrected chi connectivity index (χ2v) is 47.6. The number of nitrogens with zero attached hydrogens (tertiary/aromatic N) is 3. The van der Waals surface area contributed by atoms with Crippen molar-refractivity contribution in [2.24, 2.45) is 0 Å². The van der Waals surface area contributed by atoms with Crippen molar-refractivity contribution in [2.75, 3.05) is 45.0 Å². The monoisotopic (exact) mass is 1470 g/mol. The highest BCUT2D eigenvalue weighted by atomic mass is 79.9. The van der Waals surface area contributed by atoms with E-state index in [0.717, 1.165) is 42.9 Å². The summed E-state index contributed by atoms with van der Waals surface area (Å²) in [5.74, 6) is -2.08. The van der Waals surface area contributed by atoms with Crippen molar-refractivity contribution in [1.29, 1.82) is 0 Å². The molecule has 4 aromatic rings. The highest BCUT2D eigenvalue weighted by Crippen LogP contribution is 2.41. The predicted molar refractivity (Wildman–Crippen MR) is 348 cm³/mol. The number of nitrogens with one attached hydrogen (secondary N) is 1. The summed E-state index contributed by atoms with van der Waals surface area (Å²) in [6, 6.07) is 0. The number of hydrogen-bond donors (Lipinski definition) is 2. The molecule has 0 fully saturated rings. The first-order valence-electron chi connectivity index (χ1n) is 29.5. The Hall–Kier alpha value is -3.34. The lowest BCUT2D eigenvalue weighted by molar-refractivity contribution is -0.139. The first-order chi connectivity index (χ1) is 40.8. The normalized spacial score (nSPS) is 13.2. The zero-order chi connectivity index (χ0) is 71.6. The van der Waals surface area contributed by atoms with Crippen LogP contribution in [0.2, 0.25) is 72.5 Å². The van der Waals surface area contributed by atoms with Crippen LogP contribution in [0.3, 0.4) is 0 Å². The van der Waals surface area contributed by atoms with Gasteiger partial charge in [-0.05, 0) is 91.9 Å². The lowest BCUT2D eigenvalue weighted by Gasteiger charge is -2.36. The molecular weight excluding hydrogens is 1380 g/mol. The van der Waals surface area contributed by atoms with Gasteiger partial charge in [-0.3, -0.25) is 0 Å². The van der Waals surface area contributed by atoms with Crippen LogP contribution >= 0.6 is 27.5 Å². The molecule has 4 aromatic heterocycles. The molecule has 31 heteroatoms. The molecule has 2 N–H and O–H groups in total. The molecule has 4 rings (SSSR count). The van der Waals surface area contributed by atoms with Gasteiger partial charge in [0.1, 0.15) is 0 Å². The molecule has 0 unspecified atom stereocenters. The van der Waals surface area contributed by atoms with E-state index >= 15 is 0 Å². The minimum absolute atomic E-state index is 0.0236. The van der Waals surface area contributed by atoms with Crippen LogP contribution in [0.5, 0.6) is 0 Å². The number of hydrogen-bond acceptors (Lipinski definition) is 9. The Labute approximate surface area is 548 Å². The third-order valence-electron chi connectivity index (χ3n) is 16.3. The van der Waals surface area contributed by atoms with Crippen LogP contribution in [0.4, 0.5) is 52.7 Å². The van der Waals surface area contributed by atoms with Gasteiger partial charge in [-0.25, -0.2) is 9.59 Å². The van der Waals surface area contributed by atoms with E-state index in [0.29, 0.717) is 37.9 Å². The van der Waals surface area contributed by atoms with Gasteiger partial charge in [0.2, 0.25) is 0 Å². The van der Waals surface area contributed by atoms with Crippen molar-refractivity contribution >= 4 is 72.7 Å². The number of aliphatic hydroxyl groups is 1. The van der Waals surface area contributed by atoms with Crippen molar-refractivity contribution in [3.05, 3.63) is 94.1 Å². The van der Waals surface area contributed by atoms with Crippen molar-refractivity contribution in [2.45, 2.75) is 226 Å². The maximum absolute atomic E-state index is 13.1. The van der Waals surface area contributed by atoms with Gasteiger partial charge in [0, 0.05) is 92.6 Å². The summed E-state index contributed by atoms with van der Waals surface area (Å²) in [6.45, 7) is 48.3. The Kier molecular flexibility index (Phi) is 33.8. The third kappa shape index (κ3) is 28.9. The van der Waals surface area contributed by atoms with Crippen molar-refractivity contribution in [3.8, 4) is 0 Å². The number of halogens is 14. The van der Waals surface area contributed by atoms with Crippen molar-refractivity contribution in [1.82, 2.24) is 18.7 Å². The molecule has 0 saturated carbocycles. The molecule has 0 aliphatic heterocycles. The first kappa shape index (κ1) is 87.7. The van der Waals surface area contributed by atoms with Crippen LogP contribution in [0.25, 0.3) is 0 Å². The number of H-pyrrole nitrogens is 1. The number of rotatable bonds is 21. The Balaban J connectivity index is 0.00000114. The quantitative estimate of drug-likeness (QED) is 0.0361. The van der Waals surface area contributed by atoms with E-state index in [1.807, 2.05) is 0 Å². The average molecular weight is 1480 g/mol. The Morgan fingerprint density at radius 3 is 1.03 bits per heavy atom. The zero-order valence-corrected chi connectivity index (χ0v) is 63.3. The van der Waals surface area contributed by atoms with Gasteiger partial charge >= 0.3 is 36.6 Å². The number of aromatic amines is 1. The molecule has 0 saturated heterocycles. The van der Waals surface area contributed by atoms with Gasteiger partial charge < -0.3 is 51.0 Å². The largest absolute Gasteiger partial charge is 0.462 e. The highest BCUT2D eigenvalue weighted by Gasteiger charge is 2.42. The summed E-state index contributed by atoms with van der Waals surface area (Å²) in [5, 5.41) is 10.5. The molecule has 13 nitrogen and oxygen atoms in total. The molecule has 4 heterocycles. The Morgan fingerprint density at radius 1 is 0.462 bits per heavy atom. The molecule has 528 valence electrons. The molecule has 0 spiro atoms.